The molecule has 1 amide bonds. The lowest BCUT2D eigenvalue weighted by Gasteiger charge is -2.26. The van der Waals surface area contributed by atoms with E-state index in [1.54, 1.807) is 12.1 Å². The molecule has 0 bridgehead atoms. The van der Waals surface area contributed by atoms with Crippen molar-refractivity contribution in [3.8, 4) is 6.07 Å². The van der Waals surface area contributed by atoms with Crippen LogP contribution in [0.2, 0.25) is 0 Å². The standard InChI is InChI=1S/C16H21N5O/c17-10-13-6-7-15(20-19-13)18-14-8-9-21(11-14)16(22)12-4-2-1-3-5-12/h6-7,12,14H,1-5,8-9,11H2,(H,18,20). The van der Waals surface area contributed by atoms with Gasteiger partial charge in [-0.3, -0.25) is 4.79 Å². The number of nitrogens with zero attached hydrogens (tertiary/aromatic N) is 4. The second kappa shape index (κ2) is 6.73. The number of nitrogens with one attached hydrogen (secondary N) is 1. The summed E-state index contributed by atoms with van der Waals surface area (Å²) >= 11 is 0. The molecule has 0 aromatic carbocycles. The first-order valence-electron chi connectivity index (χ1n) is 8.05. The van der Waals surface area contributed by atoms with Crippen molar-refractivity contribution >= 4 is 11.7 Å². The molecule has 1 unspecified atom stereocenters. The maximum atomic E-state index is 12.5. The molecular formula is C16H21N5O. The molecule has 22 heavy (non-hydrogen) atoms. The van der Waals surface area contributed by atoms with Crippen molar-refractivity contribution in [1.29, 1.82) is 5.26 Å². The Morgan fingerprint density at radius 2 is 2.05 bits per heavy atom. The van der Waals surface area contributed by atoms with Gasteiger partial charge in [-0.25, -0.2) is 0 Å². The van der Waals surface area contributed by atoms with Gasteiger partial charge in [-0.2, -0.15) is 5.26 Å². The van der Waals surface area contributed by atoms with Crippen LogP contribution < -0.4 is 5.32 Å². The normalized spacial score (nSPS) is 22.3. The van der Waals surface area contributed by atoms with Gasteiger partial charge in [-0.1, -0.05) is 19.3 Å². The summed E-state index contributed by atoms with van der Waals surface area (Å²) in [5, 5.41) is 19.8. The second-order valence-corrected chi connectivity index (χ2v) is 6.16. The molecule has 0 spiro atoms. The summed E-state index contributed by atoms with van der Waals surface area (Å²) in [7, 11) is 0. The highest BCUT2D eigenvalue weighted by molar-refractivity contribution is 5.79. The van der Waals surface area contributed by atoms with E-state index in [9.17, 15) is 4.79 Å². The first kappa shape index (κ1) is 14.8. The zero-order valence-electron chi connectivity index (χ0n) is 12.7. The van der Waals surface area contributed by atoms with Crippen LogP contribution in [0.3, 0.4) is 0 Å². The van der Waals surface area contributed by atoms with E-state index in [1.807, 2.05) is 11.0 Å². The number of likely N-dealkylation sites (tertiary alicyclic amines) is 1. The van der Waals surface area contributed by atoms with Crippen LogP contribution in [-0.2, 0) is 4.79 Å². The zero-order chi connectivity index (χ0) is 15.4. The third-order valence-electron chi connectivity index (χ3n) is 4.59. The summed E-state index contributed by atoms with van der Waals surface area (Å²) in [6, 6.07) is 5.58. The third-order valence-corrected chi connectivity index (χ3v) is 4.59. The summed E-state index contributed by atoms with van der Waals surface area (Å²) in [6.45, 7) is 1.55. The molecule has 1 saturated carbocycles. The van der Waals surface area contributed by atoms with E-state index in [0.29, 0.717) is 17.4 Å². The van der Waals surface area contributed by atoms with Crippen LogP contribution in [0.1, 0.15) is 44.2 Å². The van der Waals surface area contributed by atoms with Crippen LogP contribution in [0.15, 0.2) is 12.1 Å². The van der Waals surface area contributed by atoms with Crippen LogP contribution in [0, 0.1) is 17.2 Å². The van der Waals surface area contributed by atoms with Crippen LogP contribution in [-0.4, -0.2) is 40.1 Å². The summed E-state index contributed by atoms with van der Waals surface area (Å²) in [6.07, 6.45) is 6.67. The lowest BCUT2D eigenvalue weighted by atomic mass is 9.88. The number of aromatic nitrogens is 2. The predicted octanol–water partition coefficient (Wildman–Crippen LogP) is 1.94. The molecule has 6 heteroatoms. The molecule has 1 atom stereocenters. The van der Waals surface area contributed by atoms with E-state index in [2.05, 4.69) is 15.5 Å². The van der Waals surface area contributed by atoms with E-state index in [1.165, 1.54) is 19.3 Å². The Kier molecular flexibility index (Phi) is 4.52. The van der Waals surface area contributed by atoms with Crippen LogP contribution in [0.5, 0.6) is 0 Å². The Bertz CT molecular complexity index is 559. The number of anilines is 1. The van der Waals surface area contributed by atoms with Gasteiger partial charge < -0.3 is 10.2 Å². The Morgan fingerprint density at radius 1 is 1.23 bits per heavy atom. The van der Waals surface area contributed by atoms with Crippen LogP contribution >= 0.6 is 0 Å². The highest BCUT2D eigenvalue weighted by Crippen LogP contribution is 2.27. The largest absolute Gasteiger partial charge is 0.364 e. The van der Waals surface area contributed by atoms with Gasteiger partial charge in [-0.05, 0) is 31.4 Å². The summed E-state index contributed by atoms with van der Waals surface area (Å²) in [5.74, 6) is 1.23. The molecule has 1 N–H and O–H groups in total. The van der Waals surface area contributed by atoms with E-state index in [-0.39, 0.29) is 12.0 Å². The Hall–Kier alpha value is -2.16. The minimum atomic E-state index is 0.217. The van der Waals surface area contributed by atoms with Crippen LogP contribution in [0.25, 0.3) is 0 Å². The maximum absolute atomic E-state index is 12.5. The van der Waals surface area contributed by atoms with Gasteiger partial charge in [0.25, 0.3) is 0 Å². The Labute approximate surface area is 130 Å². The minimum absolute atomic E-state index is 0.217. The van der Waals surface area contributed by atoms with Crippen molar-refractivity contribution in [2.24, 2.45) is 5.92 Å². The van der Waals surface area contributed by atoms with Gasteiger partial charge >= 0.3 is 0 Å². The highest BCUT2D eigenvalue weighted by Gasteiger charge is 2.31. The number of carbonyl (C=O) groups is 1. The first-order valence-corrected chi connectivity index (χ1v) is 8.05. The van der Waals surface area contributed by atoms with Gasteiger partial charge in [0.05, 0.1) is 0 Å². The summed E-state index contributed by atoms with van der Waals surface area (Å²) in [5.41, 5.74) is 0.311. The van der Waals surface area contributed by atoms with Gasteiger partial charge in [0, 0.05) is 25.0 Å². The van der Waals surface area contributed by atoms with Crippen molar-refractivity contribution in [2.75, 3.05) is 18.4 Å². The number of hydrogen-bond donors (Lipinski definition) is 1. The quantitative estimate of drug-likeness (QED) is 0.922. The Morgan fingerprint density at radius 3 is 2.73 bits per heavy atom. The number of rotatable bonds is 3. The first-order chi connectivity index (χ1) is 10.8. The van der Waals surface area contributed by atoms with Gasteiger partial charge in [0.2, 0.25) is 5.91 Å². The van der Waals surface area contributed by atoms with E-state index in [0.717, 1.165) is 32.4 Å². The van der Waals surface area contributed by atoms with E-state index < -0.39 is 0 Å². The molecule has 1 aliphatic heterocycles. The molecule has 1 saturated heterocycles. The number of hydrogen-bond acceptors (Lipinski definition) is 5. The third kappa shape index (κ3) is 3.35. The fourth-order valence-corrected chi connectivity index (χ4v) is 3.36. The van der Waals surface area contributed by atoms with E-state index >= 15 is 0 Å². The van der Waals surface area contributed by atoms with E-state index in [4.69, 9.17) is 5.26 Å². The molecule has 1 aliphatic carbocycles. The van der Waals surface area contributed by atoms with Crippen molar-refractivity contribution < 1.29 is 4.79 Å². The molecule has 1 aromatic heterocycles. The molecule has 2 heterocycles. The predicted molar refractivity (Wildman–Crippen MR) is 81.9 cm³/mol. The van der Waals surface area contributed by atoms with Gasteiger partial charge in [-0.15, -0.1) is 10.2 Å². The molecule has 6 nitrogen and oxygen atoms in total. The van der Waals surface area contributed by atoms with Crippen molar-refractivity contribution in [3.05, 3.63) is 17.8 Å². The number of nitriles is 1. The smallest absolute Gasteiger partial charge is 0.225 e. The number of amides is 1. The highest BCUT2D eigenvalue weighted by atomic mass is 16.2. The fraction of sp³-hybridized carbons (Fsp3) is 0.625. The summed E-state index contributed by atoms with van der Waals surface area (Å²) in [4.78, 5) is 14.5. The fourth-order valence-electron chi connectivity index (χ4n) is 3.36. The monoisotopic (exact) mass is 299 g/mol. The Balaban J connectivity index is 1.53. The molecule has 2 fully saturated rings. The lowest BCUT2D eigenvalue weighted by molar-refractivity contribution is -0.135. The molecule has 1 aromatic rings. The van der Waals surface area contributed by atoms with Crippen molar-refractivity contribution in [3.63, 3.8) is 0 Å². The van der Waals surface area contributed by atoms with Gasteiger partial charge in [0.1, 0.15) is 11.9 Å². The number of carbonyl (C=O) groups excluding carboxylic acids is 1. The van der Waals surface area contributed by atoms with Crippen LogP contribution in [0.4, 0.5) is 5.82 Å². The average Bonchev–Trinajstić information content (AvgIpc) is 3.04. The minimum Gasteiger partial charge on any atom is -0.364 e. The molecule has 2 aliphatic rings. The van der Waals surface area contributed by atoms with Gasteiger partial charge in [0.15, 0.2) is 5.69 Å². The van der Waals surface area contributed by atoms with Crippen molar-refractivity contribution in [2.45, 2.75) is 44.6 Å². The zero-order valence-corrected chi connectivity index (χ0v) is 12.7. The van der Waals surface area contributed by atoms with Crippen molar-refractivity contribution in [1.82, 2.24) is 15.1 Å². The molecule has 116 valence electrons. The maximum Gasteiger partial charge on any atom is 0.225 e. The average molecular weight is 299 g/mol. The molecule has 3 rings (SSSR count). The SMILES string of the molecule is N#Cc1ccc(NC2CCN(C(=O)C3CCCCC3)C2)nn1. The molecule has 0 radical (unpaired) electrons. The summed E-state index contributed by atoms with van der Waals surface area (Å²) < 4.78 is 0. The molecular weight excluding hydrogens is 278 g/mol. The lowest BCUT2D eigenvalue weighted by Crippen LogP contribution is -2.36. The second-order valence-electron chi connectivity index (χ2n) is 6.16. The topological polar surface area (TPSA) is 81.9 Å².